The van der Waals surface area contributed by atoms with Crippen LogP contribution >= 0.6 is 11.6 Å². The average Bonchev–Trinajstić information content (AvgIpc) is 3.04. The van der Waals surface area contributed by atoms with Crippen LogP contribution in [0.4, 0.5) is 0 Å². The topological polar surface area (TPSA) is 66.4 Å². The number of hydrogen-bond donors (Lipinski definition) is 2. The minimum Gasteiger partial charge on any atom is -0.481 e. The molecule has 0 aromatic heterocycles. The van der Waals surface area contributed by atoms with Crippen LogP contribution in [0.25, 0.3) is 0 Å². The fourth-order valence-corrected chi connectivity index (χ4v) is 3.37. The minimum atomic E-state index is -0.790. The second-order valence-electron chi connectivity index (χ2n) is 6.13. The van der Waals surface area contributed by atoms with Crippen molar-refractivity contribution < 1.29 is 14.7 Å². The lowest BCUT2D eigenvalue weighted by molar-refractivity contribution is -0.141. The highest BCUT2D eigenvalue weighted by Crippen LogP contribution is 2.46. The molecule has 0 saturated heterocycles. The first-order valence-electron chi connectivity index (χ1n) is 7.31. The molecule has 0 aliphatic heterocycles. The molecule has 5 heteroatoms. The first-order chi connectivity index (χ1) is 10.00. The van der Waals surface area contributed by atoms with Crippen LogP contribution in [-0.4, -0.2) is 17.0 Å². The summed E-state index contributed by atoms with van der Waals surface area (Å²) in [5.41, 5.74) is 0.750. The van der Waals surface area contributed by atoms with Gasteiger partial charge in [-0.3, -0.25) is 9.59 Å². The van der Waals surface area contributed by atoms with Crippen molar-refractivity contribution in [1.29, 1.82) is 0 Å². The maximum Gasteiger partial charge on any atom is 0.306 e. The van der Waals surface area contributed by atoms with Crippen LogP contribution < -0.4 is 5.32 Å². The van der Waals surface area contributed by atoms with E-state index in [0.29, 0.717) is 24.3 Å². The van der Waals surface area contributed by atoms with Gasteiger partial charge >= 0.3 is 5.97 Å². The van der Waals surface area contributed by atoms with Crippen molar-refractivity contribution in [3.8, 4) is 0 Å². The number of halogens is 1. The minimum absolute atomic E-state index is 0.0174. The van der Waals surface area contributed by atoms with E-state index >= 15 is 0 Å². The molecule has 2 aliphatic rings. The number of carbonyl (C=O) groups is 2. The van der Waals surface area contributed by atoms with E-state index in [-0.39, 0.29) is 23.3 Å². The molecule has 1 aromatic rings. The molecule has 2 atom stereocenters. The van der Waals surface area contributed by atoms with Crippen LogP contribution in [0.15, 0.2) is 24.3 Å². The van der Waals surface area contributed by atoms with Gasteiger partial charge in [-0.1, -0.05) is 23.7 Å². The summed E-state index contributed by atoms with van der Waals surface area (Å²) in [5, 5.41) is 12.8. The van der Waals surface area contributed by atoms with Crippen LogP contribution in [0.1, 0.15) is 37.7 Å². The Labute approximate surface area is 128 Å². The molecule has 1 amide bonds. The van der Waals surface area contributed by atoms with E-state index in [9.17, 15) is 9.59 Å². The molecule has 0 bridgehead atoms. The molecule has 1 aromatic carbocycles. The Morgan fingerprint density at radius 1 is 1.24 bits per heavy atom. The summed E-state index contributed by atoms with van der Waals surface area (Å²) in [6, 6.07) is 7.58. The van der Waals surface area contributed by atoms with Gasteiger partial charge in [-0.15, -0.1) is 0 Å². The van der Waals surface area contributed by atoms with Gasteiger partial charge in [-0.05, 0) is 49.8 Å². The number of amides is 1. The van der Waals surface area contributed by atoms with Gasteiger partial charge in [0.2, 0.25) is 5.91 Å². The second kappa shape index (κ2) is 5.34. The number of benzene rings is 1. The summed E-state index contributed by atoms with van der Waals surface area (Å²) in [5.74, 6) is -1.36. The Morgan fingerprint density at radius 3 is 2.52 bits per heavy atom. The molecular formula is C16H18ClNO3. The third kappa shape index (κ3) is 2.91. The van der Waals surface area contributed by atoms with Gasteiger partial charge in [0.05, 0.1) is 11.5 Å². The Kier molecular flexibility index (Phi) is 3.66. The fraction of sp³-hybridized carbons (Fsp3) is 0.500. The zero-order chi connectivity index (χ0) is 15.0. The summed E-state index contributed by atoms with van der Waals surface area (Å²) in [6.07, 6.45) is 3.53. The monoisotopic (exact) mass is 307 g/mol. The van der Waals surface area contributed by atoms with Gasteiger partial charge in [0.1, 0.15) is 0 Å². The van der Waals surface area contributed by atoms with Crippen LogP contribution in [-0.2, 0) is 15.1 Å². The van der Waals surface area contributed by atoms with Crippen molar-refractivity contribution in [3.63, 3.8) is 0 Å². The number of carbonyl (C=O) groups excluding carboxylic acids is 1. The summed E-state index contributed by atoms with van der Waals surface area (Å²) < 4.78 is 0. The van der Waals surface area contributed by atoms with Gasteiger partial charge in [-0.25, -0.2) is 0 Å². The van der Waals surface area contributed by atoms with E-state index in [1.165, 1.54) is 0 Å². The summed E-state index contributed by atoms with van der Waals surface area (Å²) in [6.45, 7) is 0. The smallest absolute Gasteiger partial charge is 0.306 e. The number of hydrogen-bond acceptors (Lipinski definition) is 2. The van der Waals surface area contributed by atoms with Gasteiger partial charge < -0.3 is 10.4 Å². The van der Waals surface area contributed by atoms with Crippen molar-refractivity contribution in [2.45, 2.75) is 37.6 Å². The molecule has 0 spiro atoms. The first-order valence-corrected chi connectivity index (χ1v) is 7.69. The molecule has 0 unspecified atom stereocenters. The lowest BCUT2D eigenvalue weighted by Crippen LogP contribution is -2.38. The number of aliphatic carboxylic acids is 1. The normalized spacial score (nSPS) is 26.3. The van der Waals surface area contributed by atoms with E-state index in [4.69, 9.17) is 16.7 Å². The van der Waals surface area contributed by atoms with Crippen LogP contribution in [0.2, 0.25) is 5.02 Å². The maximum atomic E-state index is 12.4. The molecule has 2 fully saturated rings. The van der Waals surface area contributed by atoms with E-state index < -0.39 is 5.97 Å². The van der Waals surface area contributed by atoms with E-state index in [2.05, 4.69) is 5.32 Å². The maximum absolute atomic E-state index is 12.4. The highest BCUT2D eigenvalue weighted by Gasteiger charge is 2.47. The number of nitrogens with one attached hydrogen (secondary N) is 1. The number of carboxylic acids is 1. The Hall–Kier alpha value is -1.55. The molecule has 2 N–H and O–H groups in total. The van der Waals surface area contributed by atoms with Gasteiger partial charge in [0.25, 0.3) is 0 Å². The van der Waals surface area contributed by atoms with Crippen molar-refractivity contribution in [1.82, 2.24) is 5.32 Å². The standard InChI is InChI=1S/C16H18ClNO3/c17-13-3-1-2-12(9-13)16(6-7-16)18-14(19)10-4-5-11(8-10)15(20)21/h1-3,9-11H,4-8H2,(H,18,19)(H,20,21)/t10-,11+/m1/s1. The fourth-order valence-electron chi connectivity index (χ4n) is 3.18. The van der Waals surface area contributed by atoms with Crippen molar-refractivity contribution in [2.75, 3.05) is 0 Å². The number of rotatable bonds is 4. The molecule has 0 heterocycles. The highest BCUT2D eigenvalue weighted by molar-refractivity contribution is 6.30. The predicted octanol–water partition coefficient (Wildman–Crippen LogP) is 2.95. The molecule has 2 aliphatic carbocycles. The van der Waals surface area contributed by atoms with E-state index in [1.54, 1.807) is 0 Å². The van der Waals surface area contributed by atoms with Crippen molar-refractivity contribution in [2.24, 2.45) is 11.8 Å². The average molecular weight is 308 g/mol. The van der Waals surface area contributed by atoms with E-state index in [1.807, 2.05) is 24.3 Å². The molecule has 112 valence electrons. The van der Waals surface area contributed by atoms with Crippen molar-refractivity contribution >= 4 is 23.5 Å². The van der Waals surface area contributed by atoms with Crippen LogP contribution in [0.3, 0.4) is 0 Å². The predicted molar refractivity (Wildman–Crippen MR) is 79.0 cm³/mol. The second-order valence-corrected chi connectivity index (χ2v) is 6.56. The third-order valence-corrected chi connectivity index (χ3v) is 4.88. The van der Waals surface area contributed by atoms with Crippen LogP contribution in [0.5, 0.6) is 0 Å². The zero-order valence-corrected chi connectivity index (χ0v) is 12.4. The highest BCUT2D eigenvalue weighted by atomic mass is 35.5. The molecule has 2 saturated carbocycles. The molecule has 3 rings (SSSR count). The quantitative estimate of drug-likeness (QED) is 0.898. The van der Waals surface area contributed by atoms with Gasteiger partial charge in [-0.2, -0.15) is 0 Å². The van der Waals surface area contributed by atoms with Gasteiger partial charge in [0.15, 0.2) is 0 Å². The lowest BCUT2D eigenvalue weighted by Gasteiger charge is -2.21. The van der Waals surface area contributed by atoms with E-state index in [0.717, 1.165) is 18.4 Å². The first kappa shape index (κ1) is 14.4. The summed E-state index contributed by atoms with van der Waals surface area (Å²) >= 11 is 6.02. The number of carboxylic acid groups (broad SMARTS) is 1. The molecule has 0 radical (unpaired) electrons. The third-order valence-electron chi connectivity index (χ3n) is 4.64. The Balaban J connectivity index is 1.67. The summed E-state index contributed by atoms with van der Waals surface area (Å²) in [4.78, 5) is 23.4. The SMILES string of the molecule is O=C(O)[C@H]1CC[C@@H](C(=O)NC2(c3cccc(Cl)c3)CC2)C1. The van der Waals surface area contributed by atoms with Crippen molar-refractivity contribution in [3.05, 3.63) is 34.9 Å². The Morgan fingerprint density at radius 2 is 1.95 bits per heavy atom. The Bertz CT molecular complexity index is 583. The zero-order valence-electron chi connectivity index (χ0n) is 11.6. The lowest BCUT2D eigenvalue weighted by atomic mass is 10.0. The van der Waals surface area contributed by atoms with Gasteiger partial charge in [0, 0.05) is 10.9 Å². The molecular weight excluding hydrogens is 290 g/mol. The molecule has 4 nitrogen and oxygen atoms in total. The largest absolute Gasteiger partial charge is 0.481 e. The van der Waals surface area contributed by atoms with Crippen LogP contribution in [0, 0.1) is 11.8 Å². The molecule has 21 heavy (non-hydrogen) atoms. The summed E-state index contributed by atoms with van der Waals surface area (Å²) in [7, 11) is 0.